The van der Waals surface area contributed by atoms with Gasteiger partial charge in [0, 0.05) is 9.85 Å². The SMILES string of the molecule is Cc1cc(Cl)c(C(Br)Cc2ccc(F)c(F)c2)cc1C. The summed E-state index contributed by atoms with van der Waals surface area (Å²) in [6, 6.07) is 7.90. The normalized spacial score (nSPS) is 12.5. The molecule has 1 unspecified atom stereocenters. The quantitative estimate of drug-likeness (QED) is 0.597. The Morgan fingerprint density at radius 2 is 1.70 bits per heavy atom. The molecule has 0 bridgehead atoms. The van der Waals surface area contributed by atoms with Crippen molar-refractivity contribution in [1.82, 2.24) is 0 Å². The van der Waals surface area contributed by atoms with E-state index >= 15 is 0 Å². The molecule has 2 aromatic rings. The predicted molar refractivity (Wildman–Crippen MR) is 82.7 cm³/mol. The summed E-state index contributed by atoms with van der Waals surface area (Å²) in [4.78, 5) is -0.0424. The van der Waals surface area contributed by atoms with E-state index in [0.717, 1.165) is 28.3 Å². The van der Waals surface area contributed by atoms with Gasteiger partial charge in [0.05, 0.1) is 0 Å². The average Bonchev–Trinajstić information content (AvgIpc) is 2.38. The lowest BCUT2D eigenvalue weighted by atomic mass is 10.00. The Hall–Kier alpha value is -0.930. The van der Waals surface area contributed by atoms with Crippen LogP contribution in [0.5, 0.6) is 0 Å². The van der Waals surface area contributed by atoms with E-state index in [1.54, 1.807) is 6.07 Å². The van der Waals surface area contributed by atoms with Crippen molar-refractivity contribution in [2.45, 2.75) is 25.1 Å². The molecule has 0 fully saturated rings. The molecular weight excluding hydrogens is 346 g/mol. The van der Waals surface area contributed by atoms with Crippen molar-refractivity contribution in [3.63, 3.8) is 0 Å². The van der Waals surface area contributed by atoms with Gasteiger partial charge in [-0.3, -0.25) is 0 Å². The zero-order valence-corrected chi connectivity index (χ0v) is 13.5. The van der Waals surface area contributed by atoms with E-state index in [-0.39, 0.29) is 4.83 Å². The molecule has 0 heterocycles. The van der Waals surface area contributed by atoms with Crippen LogP contribution in [-0.2, 0) is 6.42 Å². The zero-order valence-electron chi connectivity index (χ0n) is 11.2. The van der Waals surface area contributed by atoms with Gasteiger partial charge in [0.2, 0.25) is 0 Å². The topological polar surface area (TPSA) is 0 Å². The largest absolute Gasteiger partial charge is 0.204 e. The van der Waals surface area contributed by atoms with E-state index in [4.69, 9.17) is 11.6 Å². The molecule has 2 aromatic carbocycles. The van der Waals surface area contributed by atoms with Crippen molar-refractivity contribution in [3.8, 4) is 0 Å². The van der Waals surface area contributed by atoms with Crippen LogP contribution in [0.15, 0.2) is 30.3 Å². The minimum atomic E-state index is -0.830. The van der Waals surface area contributed by atoms with Gasteiger partial charge in [0.1, 0.15) is 0 Å². The summed E-state index contributed by atoms with van der Waals surface area (Å²) in [5.41, 5.74) is 3.96. The van der Waals surface area contributed by atoms with Crippen molar-refractivity contribution in [3.05, 3.63) is 69.2 Å². The monoisotopic (exact) mass is 358 g/mol. The number of alkyl halides is 1. The van der Waals surface area contributed by atoms with Gasteiger partial charge in [-0.15, -0.1) is 0 Å². The van der Waals surface area contributed by atoms with Crippen LogP contribution >= 0.6 is 27.5 Å². The van der Waals surface area contributed by atoms with Gasteiger partial charge in [-0.1, -0.05) is 39.7 Å². The van der Waals surface area contributed by atoms with Crippen LogP contribution in [0.25, 0.3) is 0 Å². The second kappa shape index (κ2) is 6.23. The van der Waals surface area contributed by atoms with E-state index in [0.29, 0.717) is 11.4 Å². The fraction of sp³-hybridized carbons (Fsp3) is 0.250. The first-order valence-electron chi connectivity index (χ1n) is 6.23. The molecule has 0 spiro atoms. The molecule has 106 valence electrons. The number of halogens is 4. The molecule has 0 aliphatic rings. The second-order valence-corrected chi connectivity index (χ2v) is 6.39. The third kappa shape index (κ3) is 3.39. The maximum absolute atomic E-state index is 13.2. The van der Waals surface area contributed by atoms with Crippen LogP contribution in [0.4, 0.5) is 8.78 Å². The second-order valence-electron chi connectivity index (χ2n) is 4.88. The maximum atomic E-state index is 13.2. The summed E-state index contributed by atoms with van der Waals surface area (Å²) in [5.74, 6) is -1.66. The molecule has 0 radical (unpaired) electrons. The first kappa shape index (κ1) is 15.5. The van der Waals surface area contributed by atoms with Gasteiger partial charge in [-0.25, -0.2) is 8.78 Å². The van der Waals surface area contributed by atoms with E-state index in [2.05, 4.69) is 15.9 Å². The summed E-state index contributed by atoms with van der Waals surface area (Å²) >= 11 is 9.83. The van der Waals surface area contributed by atoms with Crippen LogP contribution in [0.2, 0.25) is 5.02 Å². The lowest BCUT2D eigenvalue weighted by Gasteiger charge is -2.14. The van der Waals surface area contributed by atoms with Gasteiger partial charge < -0.3 is 0 Å². The number of benzene rings is 2. The fourth-order valence-electron chi connectivity index (χ4n) is 2.03. The Bertz CT molecular complexity index is 641. The molecule has 0 nitrogen and oxygen atoms in total. The van der Waals surface area contributed by atoms with Crippen molar-refractivity contribution < 1.29 is 8.78 Å². The highest BCUT2D eigenvalue weighted by atomic mass is 79.9. The summed E-state index contributed by atoms with van der Waals surface area (Å²) in [7, 11) is 0. The highest BCUT2D eigenvalue weighted by Gasteiger charge is 2.14. The van der Waals surface area contributed by atoms with Crippen LogP contribution in [0.1, 0.15) is 27.1 Å². The van der Waals surface area contributed by atoms with Gasteiger partial charge in [-0.05, 0) is 60.7 Å². The molecule has 4 heteroatoms. The smallest absolute Gasteiger partial charge is 0.159 e. The molecular formula is C16H14BrClF2. The lowest BCUT2D eigenvalue weighted by Crippen LogP contribution is -1.99. The summed E-state index contributed by atoms with van der Waals surface area (Å²) in [6.07, 6.45) is 0.541. The highest BCUT2D eigenvalue weighted by molar-refractivity contribution is 9.09. The number of hydrogen-bond acceptors (Lipinski definition) is 0. The van der Waals surface area contributed by atoms with E-state index in [9.17, 15) is 8.78 Å². The molecule has 1 atom stereocenters. The van der Waals surface area contributed by atoms with Crippen molar-refractivity contribution in [2.24, 2.45) is 0 Å². The molecule has 0 amide bonds. The van der Waals surface area contributed by atoms with E-state index in [1.807, 2.05) is 26.0 Å². The lowest BCUT2D eigenvalue weighted by molar-refractivity contribution is 0.507. The van der Waals surface area contributed by atoms with E-state index < -0.39 is 11.6 Å². The minimum Gasteiger partial charge on any atom is -0.204 e. The first-order chi connectivity index (χ1) is 9.38. The van der Waals surface area contributed by atoms with Gasteiger partial charge in [-0.2, -0.15) is 0 Å². The third-order valence-corrected chi connectivity index (χ3v) is 4.49. The van der Waals surface area contributed by atoms with E-state index in [1.165, 1.54) is 6.07 Å². The van der Waals surface area contributed by atoms with Crippen LogP contribution in [-0.4, -0.2) is 0 Å². The first-order valence-corrected chi connectivity index (χ1v) is 7.52. The molecule has 0 aliphatic carbocycles. The maximum Gasteiger partial charge on any atom is 0.159 e. The highest BCUT2D eigenvalue weighted by Crippen LogP contribution is 2.34. The molecule has 0 aliphatic heterocycles. The Labute approximate surface area is 130 Å². The molecule has 0 aromatic heterocycles. The summed E-state index contributed by atoms with van der Waals surface area (Å²) < 4.78 is 26.1. The Morgan fingerprint density at radius 3 is 2.35 bits per heavy atom. The minimum absolute atomic E-state index is 0.0424. The molecule has 0 saturated heterocycles. The van der Waals surface area contributed by atoms with Crippen LogP contribution in [0, 0.1) is 25.5 Å². The van der Waals surface area contributed by atoms with Gasteiger partial charge in [0.25, 0.3) is 0 Å². The van der Waals surface area contributed by atoms with Crippen LogP contribution in [0.3, 0.4) is 0 Å². The molecule has 2 rings (SSSR count). The molecule has 0 saturated carbocycles. The standard InChI is InChI=1S/C16H14BrClF2/c1-9-5-12(14(18)6-10(9)2)13(17)7-11-3-4-15(19)16(20)8-11/h3-6,8,13H,7H2,1-2H3. The van der Waals surface area contributed by atoms with Crippen molar-refractivity contribution in [2.75, 3.05) is 0 Å². The fourth-order valence-corrected chi connectivity index (χ4v) is 3.26. The van der Waals surface area contributed by atoms with Crippen molar-refractivity contribution in [1.29, 1.82) is 0 Å². The van der Waals surface area contributed by atoms with Gasteiger partial charge in [0.15, 0.2) is 11.6 Å². The Kier molecular flexibility index (Phi) is 4.82. The Morgan fingerprint density at radius 1 is 1.05 bits per heavy atom. The molecule has 20 heavy (non-hydrogen) atoms. The Balaban J connectivity index is 2.25. The summed E-state index contributed by atoms with van der Waals surface area (Å²) in [6.45, 7) is 4.02. The van der Waals surface area contributed by atoms with Crippen LogP contribution < -0.4 is 0 Å². The number of aryl methyl sites for hydroxylation is 2. The van der Waals surface area contributed by atoms with Crippen molar-refractivity contribution >= 4 is 27.5 Å². The summed E-state index contributed by atoms with van der Waals surface area (Å²) in [5, 5.41) is 0.678. The van der Waals surface area contributed by atoms with Gasteiger partial charge >= 0.3 is 0 Å². The zero-order chi connectivity index (χ0) is 14.9. The third-order valence-electron chi connectivity index (χ3n) is 3.35. The average molecular weight is 360 g/mol. The number of rotatable bonds is 3. The number of hydrogen-bond donors (Lipinski definition) is 0. The molecule has 0 N–H and O–H groups in total. The predicted octanol–water partition coefficient (Wildman–Crippen LogP) is 5.91.